The molecule has 1 rings (SSSR count). The summed E-state index contributed by atoms with van der Waals surface area (Å²) >= 11 is 0. The van der Waals surface area contributed by atoms with Gasteiger partial charge in [0.05, 0.1) is 6.61 Å². The molecule has 0 saturated carbocycles. The van der Waals surface area contributed by atoms with Crippen LogP contribution < -0.4 is 4.90 Å². The van der Waals surface area contributed by atoms with E-state index in [0.717, 1.165) is 4.90 Å². The number of likely N-dealkylation sites (N-methyl/N-ethyl adjacent to an activating group) is 1. The summed E-state index contributed by atoms with van der Waals surface area (Å²) in [5.41, 5.74) is -0.792. The second-order valence-corrected chi connectivity index (χ2v) is 3.59. The summed E-state index contributed by atoms with van der Waals surface area (Å²) in [6.45, 7) is 1.75. The molecule has 0 aromatic carbocycles. The molecule has 0 aliphatic rings. The minimum atomic E-state index is -1.67. The molecule has 0 aliphatic heterocycles. The SMILES string of the molecule is COCC(C)N(C)c1c(F)c(F)nc(F)c1F. The van der Waals surface area contributed by atoms with Crippen molar-refractivity contribution >= 4 is 5.69 Å². The summed E-state index contributed by atoms with van der Waals surface area (Å²) in [5.74, 6) is -6.38. The molecule has 1 aromatic rings. The molecule has 0 spiro atoms. The third-order valence-electron chi connectivity index (χ3n) is 2.40. The summed E-state index contributed by atoms with van der Waals surface area (Å²) in [4.78, 5) is 3.54. The van der Waals surface area contributed by atoms with Crippen LogP contribution >= 0.6 is 0 Å². The molecule has 0 saturated heterocycles. The van der Waals surface area contributed by atoms with Crippen molar-refractivity contribution in [2.75, 3.05) is 25.7 Å². The zero-order valence-electron chi connectivity index (χ0n) is 9.60. The van der Waals surface area contributed by atoms with E-state index in [1.807, 2.05) is 0 Å². The van der Waals surface area contributed by atoms with E-state index in [-0.39, 0.29) is 6.61 Å². The molecule has 1 heterocycles. The van der Waals surface area contributed by atoms with Crippen molar-refractivity contribution in [2.24, 2.45) is 0 Å². The number of hydrogen-bond acceptors (Lipinski definition) is 3. The molecule has 0 amide bonds. The van der Waals surface area contributed by atoms with Gasteiger partial charge in [0.2, 0.25) is 11.6 Å². The molecule has 17 heavy (non-hydrogen) atoms. The standard InChI is InChI=1S/C10H12F4N2O/c1-5(4-17-3)16(2)8-6(11)9(13)15-10(14)7(8)12/h5H,4H2,1-3H3. The van der Waals surface area contributed by atoms with Gasteiger partial charge in [-0.15, -0.1) is 0 Å². The fourth-order valence-corrected chi connectivity index (χ4v) is 1.36. The first-order chi connectivity index (χ1) is 7.90. The van der Waals surface area contributed by atoms with Gasteiger partial charge < -0.3 is 9.64 Å². The van der Waals surface area contributed by atoms with E-state index in [0.29, 0.717) is 0 Å². The zero-order valence-corrected chi connectivity index (χ0v) is 9.60. The Morgan fingerprint density at radius 2 is 1.65 bits per heavy atom. The summed E-state index contributed by atoms with van der Waals surface area (Å²) in [7, 11) is 2.72. The summed E-state index contributed by atoms with van der Waals surface area (Å²) in [5, 5.41) is 0. The Kier molecular flexibility index (Phi) is 4.28. The van der Waals surface area contributed by atoms with Crippen LogP contribution in [0, 0.1) is 23.5 Å². The molecule has 96 valence electrons. The quantitative estimate of drug-likeness (QED) is 0.606. The number of nitrogens with zero attached hydrogens (tertiary/aromatic N) is 2. The van der Waals surface area contributed by atoms with Gasteiger partial charge in [-0.05, 0) is 6.92 Å². The third kappa shape index (κ3) is 2.66. The third-order valence-corrected chi connectivity index (χ3v) is 2.40. The van der Waals surface area contributed by atoms with Crippen LogP contribution in [0.2, 0.25) is 0 Å². The van der Waals surface area contributed by atoms with Gasteiger partial charge in [-0.25, -0.2) is 0 Å². The molecule has 0 N–H and O–H groups in total. The monoisotopic (exact) mass is 252 g/mol. The fraction of sp³-hybridized carbons (Fsp3) is 0.500. The Balaban J connectivity index is 3.20. The first-order valence-corrected chi connectivity index (χ1v) is 4.81. The van der Waals surface area contributed by atoms with Gasteiger partial charge in [0.15, 0.2) is 0 Å². The maximum Gasteiger partial charge on any atom is 0.253 e. The first-order valence-electron chi connectivity index (χ1n) is 4.81. The van der Waals surface area contributed by atoms with Gasteiger partial charge in [0.25, 0.3) is 11.9 Å². The zero-order chi connectivity index (χ0) is 13.2. The highest BCUT2D eigenvalue weighted by atomic mass is 19.2. The molecule has 1 atom stereocenters. The average Bonchev–Trinajstić information content (AvgIpc) is 2.27. The number of pyridine rings is 1. The molecule has 3 nitrogen and oxygen atoms in total. The molecular formula is C10H12F4N2O. The van der Waals surface area contributed by atoms with Gasteiger partial charge >= 0.3 is 0 Å². The first kappa shape index (κ1) is 13.7. The van der Waals surface area contributed by atoms with Crippen LogP contribution in [0.1, 0.15) is 6.92 Å². The maximum atomic E-state index is 13.4. The van der Waals surface area contributed by atoms with Gasteiger partial charge in [-0.3, -0.25) is 0 Å². The van der Waals surface area contributed by atoms with Gasteiger partial charge in [-0.1, -0.05) is 0 Å². The number of hydrogen-bond donors (Lipinski definition) is 0. The van der Waals surface area contributed by atoms with Crippen molar-refractivity contribution in [2.45, 2.75) is 13.0 Å². The number of rotatable bonds is 4. The van der Waals surface area contributed by atoms with Gasteiger partial charge in [0, 0.05) is 20.2 Å². The Morgan fingerprint density at radius 1 is 1.18 bits per heavy atom. The topological polar surface area (TPSA) is 25.4 Å². The van der Waals surface area contributed by atoms with Crippen LogP contribution in [-0.2, 0) is 4.74 Å². The van der Waals surface area contributed by atoms with E-state index in [1.165, 1.54) is 14.2 Å². The summed E-state index contributed by atoms with van der Waals surface area (Å²) in [6, 6.07) is -0.454. The minimum Gasteiger partial charge on any atom is -0.383 e. The second-order valence-electron chi connectivity index (χ2n) is 3.59. The van der Waals surface area contributed by atoms with Gasteiger partial charge in [0.1, 0.15) is 5.69 Å². The van der Waals surface area contributed by atoms with Crippen molar-refractivity contribution in [3.05, 3.63) is 23.5 Å². The minimum absolute atomic E-state index is 0.154. The van der Waals surface area contributed by atoms with Crippen molar-refractivity contribution in [3.63, 3.8) is 0 Å². The number of anilines is 1. The summed E-state index contributed by atoms with van der Waals surface area (Å²) < 4.78 is 57.3. The number of methoxy groups -OCH3 is 1. The highest BCUT2D eigenvalue weighted by Crippen LogP contribution is 2.26. The maximum absolute atomic E-state index is 13.4. The van der Waals surface area contributed by atoms with Crippen molar-refractivity contribution in [1.82, 2.24) is 4.98 Å². The molecule has 1 aromatic heterocycles. The van der Waals surface area contributed by atoms with Crippen LogP contribution in [0.5, 0.6) is 0 Å². The van der Waals surface area contributed by atoms with Crippen LogP contribution in [0.25, 0.3) is 0 Å². The number of ether oxygens (including phenoxy) is 1. The van der Waals surface area contributed by atoms with E-state index >= 15 is 0 Å². The Bertz CT molecular complexity index is 388. The predicted molar refractivity (Wildman–Crippen MR) is 53.8 cm³/mol. The lowest BCUT2D eigenvalue weighted by atomic mass is 10.2. The highest BCUT2D eigenvalue weighted by molar-refractivity contribution is 5.48. The molecule has 0 bridgehead atoms. The molecule has 1 unspecified atom stereocenters. The van der Waals surface area contributed by atoms with Crippen LogP contribution in [0.3, 0.4) is 0 Å². The van der Waals surface area contributed by atoms with Crippen molar-refractivity contribution in [1.29, 1.82) is 0 Å². The predicted octanol–water partition coefficient (Wildman–Crippen LogP) is 2.11. The highest BCUT2D eigenvalue weighted by Gasteiger charge is 2.25. The molecule has 0 radical (unpaired) electrons. The van der Waals surface area contributed by atoms with E-state index in [2.05, 4.69) is 4.98 Å². The number of aromatic nitrogens is 1. The normalized spacial score (nSPS) is 12.6. The smallest absolute Gasteiger partial charge is 0.253 e. The lowest BCUT2D eigenvalue weighted by Crippen LogP contribution is -2.34. The lowest BCUT2D eigenvalue weighted by molar-refractivity contribution is 0.182. The second kappa shape index (κ2) is 5.31. The van der Waals surface area contributed by atoms with Gasteiger partial charge in [-0.2, -0.15) is 22.5 Å². The van der Waals surface area contributed by atoms with E-state index in [9.17, 15) is 17.6 Å². The Morgan fingerprint density at radius 3 is 2.06 bits per heavy atom. The van der Waals surface area contributed by atoms with Crippen LogP contribution in [0.4, 0.5) is 23.2 Å². The Labute approximate surface area is 96.0 Å². The van der Waals surface area contributed by atoms with Crippen LogP contribution in [-0.4, -0.2) is 31.8 Å². The molecule has 0 aliphatic carbocycles. The van der Waals surface area contributed by atoms with E-state index < -0.39 is 35.3 Å². The van der Waals surface area contributed by atoms with Crippen molar-refractivity contribution < 1.29 is 22.3 Å². The lowest BCUT2D eigenvalue weighted by Gasteiger charge is -2.26. The van der Waals surface area contributed by atoms with E-state index in [1.54, 1.807) is 6.92 Å². The largest absolute Gasteiger partial charge is 0.383 e. The van der Waals surface area contributed by atoms with E-state index in [4.69, 9.17) is 4.74 Å². The fourth-order valence-electron chi connectivity index (χ4n) is 1.36. The number of halogens is 4. The molecular weight excluding hydrogens is 240 g/mol. The van der Waals surface area contributed by atoms with Crippen LogP contribution in [0.15, 0.2) is 0 Å². The molecule has 0 fully saturated rings. The Hall–Kier alpha value is -1.37. The van der Waals surface area contributed by atoms with Crippen molar-refractivity contribution in [3.8, 4) is 0 Å². The molecule has 7 heteroatoms. The summed E-state index contributed by atoms with van der Waals surface area (Å²) in [6.07, 6.45) is 0. The average molecular weight is 252 g/mol.